The molecule has 0 saturated carbocycles. The van der Waals surface area contributed by atoms with Crippen LogP contribution in [0.2, 0.25) is 0 Å². The van der Waals surface area contributed by atoms with E-state index in [1.54, 1.807) is 12.4 Å². The Morgan fingerprint density at radius 3 is 2.35 bits per heavy atom. The SMILES string of the molecule is Cc1ccc([C@H](NC(=O)c2ccc(CN3CCOCC3)cc2)c2ccncc2)cc1C. The number of nitrogens with one attached hydrogen (secondary N) is 1. The number of aromatic nitrogens is 1. The van der Waals surface area contributed by atoms with Gasteiger partial charge in [-0.3, -0.25) is 14.7 Å². The third kappa shape index (κ3) is 5.37. The van der Waals surface area contributed by atoms with Gasteiger partial charge in [0.05, 0.1) is 19.3 Å². The zero-order valence-corrected chi connectivity index (χ0v) is 18.2. The summed E-state index contributed by atoms with van der Waals surface area (Å²) in [6, 6.07) is 17.9. The summed E-state index contributed by atoms with van der Waals surface area (Å²) in [6.07, 6.45) is 3.52. The van der Waals surface area contributed by atoms with Gasteiger partial charge in [-0.05, 0) is 65.9 Å². The molecular formula is C26H29N3O2. The smallest absolute Gasteiger partial charge is 0.252 e. The summed E-state index contributed by atoms with van der Waals surface area (Å²) < 4.78 is 5.41. The number of ether oxygens (including phenoxy) is 1. The van der Waals surface area contributed by atoms with Crippen LogP contribution < -0.4 is 5.32 Å². The van der Waals surface area contributed by atoms with Crippen molar-refractivity contribution in [1.29, 1.82) is 0 Å². The van der Waals surface area contributed by atoms with Gasteiger partial charge in [0, 0.05) is 37.6 Å². The highest BCUT2D eigenvalue weighted by atomic mass is 16.5. The number of rotatable bonds is 6. The maximum atomic E-state index is 13.1. The van der Waals surface area contributed by atoms with Crippen molar-refractivity contribution in [1.82, 2.24) is 15.2 Å². The Hall–Kier alpha value is -3.02. The summed E-state index contributed by atoms with van der Waals surface area (Å²) in [4.78, 5) is 19.6. The molecule has 31 heavy (non-hydrogen) atoms. The van der Waals surface area contributed by atoms with Gasteiger partial charge in [-0.25, -0.2) is 0 Å². The summed E-state index contributed by atoms with van der Waals surface area (Å²) in [7, 11) is 0. The molecule has 1 aliphatic rings. The second-order valence-electron chi connectivity index (χ2n) is 8.12. The number of hydrogen-bond acceptors (Lipinski definition) is 4. The van der Waals surface area contributed by atoms with Crippen molar-refractivity contribution in [2.75, 3.05) is 26.3 Å². The van der Waals surface area contributed by atoms with Gasteiger partial charge >= 0.3 is 0 Å². The van der Waals surface area contributed by atoms with Crippen LogP contribution in [0.25, 0.3) is 0 Å². The topological polar surface area (TPSA) is 54.5 Å². The molecule has 160 valence electrons. The number of nitrogens with zero attached hydrogens (tertiary/aromatic N) is 2. The van der Waals surface area contributed by atoms with Crippen LogP contribution in [-0.4, -0.2) is 42.1 Å². The number of morpholine rings is 1. The van der Waals surface area contributed by atoms with Crippen LogP contribution in [0.5, 0.6) is 0 Å². The minimum Gasteiger partial charge on any atom is -0.379 e. The van der Waals surface area contributed by atoms with Crippen molar-refractivity contribution < 1.29 is 9.53 Å². The summed E-state index contributed by atoms with van der Waals surface area (Å²) in [5.74, 6) is -0.0852. The minimum atomic E-state index is -0.233. The van der Waals surface area contributed by atoms with E-state index in [9.17, 15) is 4.79 Å². The van der Waals surface area contributed by atoms with Gasteiger partial charge < -0.3 is 10.1 Å². The number of carbonyl (C=O) groups excluding carboxylic acids is 1. The first-order valence-electron chi connectivity index (χ1n) is 10.8. The molecule has 1 atom stereocenters. The number of carbonyl (C=O) groups is 1. The molecule has 1 aliphatic heterocycles. The van der Waals surface area contributed by atoms with Crippen LogP contribution in [0.1, 0.15) is 44.2 Å². The third-order valence-electron chi connectivity index (χ3n) is 5.91. The Kier molecular flexibility index (Phi) is 6.75. The molecule has 1 amide bonds. The fraction of sp³-hybridized carbons (Fsp3) is 0.308. The molecule has 5 nitrogen and oxygen atoms in total. The molecule has 1 aromatic heterocycles. The Bertz CT molecular complexity index is 1010. The number of amides is 1. The largest absolute Gasteiger partial charge is 0.379 e. The maximum Gasteiger partial charge on any atom is 0.252 e. The molecule has 5 heteroatoms. The molecule has 0 spiro atoms. The van der Waals surface area contributed by atoms with Crippen molar-refractivity contribution in [2.45, 2.75) is 26.4 Å². The Balaban J connectivity index is 1.51. The average molecular weight is 416 g/mol. The highest BCUT2D eigenvalue weighted by Gasteiger charge is 2.19. The van der Waals surface area contributed by atoms with E-state index < -0.39 is 0 Å². The second kappa shape index (κ2) is 9.86. The zero-order valence-electron chi connectivity index (χ0n) is 18.2. The summed E-state index contributed by atoms with van der Waals surface area (Å²) in [5.41, 5.74) is 6.38. The molecule has 0 aliphatic carbocycles. The second-order valence-corrected chi connectivity index (χ2v) is 8.12. The lowest BCUT2D eigenvalue weighted by molar-refractivity contribution is 0.0342. The summed E-state index contributed by atoms with van der Waals surface area (Å²) in [5, 5.41) is 3.22. The Morgan fingerprint density at radius 2 is 1.68 bits per heavy atom. The van der Waals surface area contributed by atoms with Crippen molar-refractivity contribution in [2.24, 2.45) is 0 Å². The van der Waals surface area contributed by atoms with Gasteiger partial charge in [-0.1, -0.05) is 30.3 Å². The van der Waals surface area contributed by atoms with Crippen LogP contribution in [0.3, 0.4) is 0 Å². The van der Waals surface area contributed by atoms with E-state index in [2.05, 4.69) is 47.2 Å². The lowest BCUT2D eigenvalue weighted by atomic mass is 9.96. The van der Waals surface area contributed by atoms with E-state index in [0.29, 0.717) is 5.56 Å². The normalized spacial score (nSPS) is 15.4. The number of pyridine rings is 1. The van der Waals surface area contributed by atoms with Crippen molar-refractivity contribution in [3.8, 4) is 0 Å². The Morgan fingerprint density at radius 1 is 0.968 bits per heavy atom. The van der Waals surface area contributed by atoms with E-state index in [1.807, 2.05) is 36.4 Å². The highest BCUT2D eigenvalue weighted by molar-refractivity contribution is 5.94. The fourth-order valence-corrected chi connectivity index (χ4v) is 3.85. The minimum absolute atomic E-state index is 0.0852. The van der Waals surface area contributed by atoms with Gasteiger partial charge in [0.1, 0.15) is 0 Å². The quantitative estimate of drug-likeness (QED) is 0.660. The van der Waals surface area contributed by atoms with Crippen molar-refractivity contribution >= 4 is 5.91 Å². The van der Waals surface area contributed by atoms with Gasteiger partial charge in [0.15, 0.2) is 0 Å². The number of aryl methyl sites for hydroxylation is 2. The lowest BCUT2D eigenvalue weighted by Crippen LogP contribution is -2.35. The first-order chi connectivity index (χ1) is 15.1. The molecule has 4 rings (SSSR count). The van der Waals surface area contributed by atoms with Crippen LogP contribution in [0.15, 0.2) is 67.0 Å². The predicted octanol–water partition coefficient (Wildman–Crippen LogP) is 4.05. The van der Waals surface area contributed by atoms with E-state index in [-0.39, 0.29) is 11.9 Å². The number of benzene rings is 2. The maximum absolute atomic E-state index is 13.1. The van der Waals surface area contributed by atoms with Crippen LogP contribution in [0.4, 0.5) is 0 Å². The monoisotopic (exact) mass is 415 g/mol. The van der Waals surface area contributed by atoms with Gasteiger partial charge in [-0.15, -0.1) is 0 Å². The van der Waals surface area contributed by atoms with Crippen LogP contribution in [0, 0.1) is 13.8 Å². The summed E-state index contributed by atoms with van der Waals surface area (Å²) in [6.45, 7) is 8.55. The summed E-state index contributed by atoms with van der Waals surface area (Å²) >= 11 is 0. The van der Waals surface area contributed by atoms with E-state index >= 15 is 0 Å². The average Bonchev–Trinajstić information content (AvgIpc) is 2.81. The molecule has 2 aromatic carbocycles. The predicted molar refractivity (Wildman–Crippen MR) is 122 cm³/mol. The fourth-order valence-electron chi connectivity index (χ4n) is 3.85. The van der Waals surface area contributed by atoms with Crippen molar-refractivity contribution in [3.63, 3.8) is 0 Å². The lowest BCUT2D eigenvalue weighted by Gasteiger charge is -2.26. The molecule has 0 radical (unpaired) electrons. The molecule has 1 saturated heterocycles. The van der Waals surface area contributed by atoms with E-state index in [4.69, 9.17) is 4.74 Å². The standard InChI is InChI=1S/C26H29N3O2/c1-19-3-6-24(17-20(19)2)25(22-9-11-27-12-10-22)28-26(30)23-7-4-21(5-8-23)18-29-13-15-31-16-14-29/h3-12,17,25H,13-16,18H2,1-2H3,(H,28,30)/t25-/m1/s1. The van der Waals surface area contributed by atoms with Crippen LogP contribution >= 0.6 is 0 Å². The van der Waals surface area contributed by atoms with Crippen LogP contribution in [-0.2, 0) is 11.3 Å². The third-order valence-corrected chi connectivity index (χ3v) is 5.91. The molecule has 3 aromatic rings. The first kappa shape index (κ1) is 21.2. The molecular weight excluding hydrogens is 386 g/mol. The highest BCUT2D eigenvalue weighted by Crippen LogP contribution is 2.24. The molecule has 1 N–H and O–H groups in total. The first-order valence-corrected chi connectivity index (χ1v) is 10.8. The molecule has 1 fully saturated rings. The molecule has 0 unspecified atom stereocenters. The Labute approximate surface area is 184 Å². The van der Waals surface area contributed by atoms with Gasteiger partial charge in [0.25, 0.3) is 5.91 Å². The molecule has 0 bridgehead atoms. The van der Waals surface area contributed by atoms with Gasteiger partial charge in [0.2, 0.25) is 0 Å². The molecule has 2 heterocycles. The van der Waals surface area contributed by atoms with E-state index in [0.717, 1.165) is 44.0 Å². The number of hydrogen-bond donors (Lipinski definition) is 1. The van der Waals surface area contributed by atoms with Gasteiger partial charge in [-0.2, -0.15) is 0 Å². The van der Waals surface area contributed by atoms with E-state index in [1.165, 1.54) is 16.7 Å². The van der Waals surface area contributed by atoms with Crippen molar-refractivity contribution in [3.05, 3.63) is 100 Å². The zero-order chi connectivity index (χ0) is 21.6.